The Balaban J connectivity index is 1.85. The summed E-state index contributed by atoms with van der Waals surface area (Å²) in [6.45, 7) is 0. The van der Waals surface area contributed by atoms with E-state index < -0.39 is 12.0 Å². The number of ether oxygens (including phenoxy) is 1. The van der Waals surface area contributed by atoms with Crippen LogP contribution in [-0.4, -0.2) is 57.3 Å². The van der Waals surface area contributed by atoms with Gasteiger partial charge in [0.15, 0.2) is 11.8 Å². The van der Waals surface area contributed by atoms with Crippen LogP contribution in [0.2, 0.25) is 5.02 Å². The minimum Gasteiger partial charge on any atom is -0.496 e. The van der Waals surface area contributed by atoms with Gasteiger partial charge in [-0.1, -0.05) is 23.7 Å². The molecule has 0 saturated carbocycles. The van der Waals surface area contributed by atoms with E-state index >= 15 is 0 Å². The second-order valence-corrected chi connectivity index (χ2v) is 7.50. The number of methoxy groups -OCH3 is 1. The highest BCUT2D eigenvalue weighted by molar-refractivity contribution is 6.39. The predicted molar refractivity (Wildman–Crippen MR) is 118 cm³/mol. The van der Waals surface area contributed by atoms with Gasteiger partial charge in [-0.2, -0.15) is 5.10 Å². The quantitative estimate of drug-likeness (QED) is 0.495. The topological polar surface area (TPSA) is 104 Å². The lowest BCUT2D eigenvalue weighted by molar-refractivity contribution is -0.137. The molecule has 0 aliphatic heterocycles. The van der Waals surface area contributed by atoms with Gasteiger partial charge < -0.3 is 14.7 Å². The van der Waals surface area contributed by atoms with E-state index in [4.69, 9.17) is 16.3 Å². The number of nitrogens with one attached hydrogen (secondary N) is 1. The van der Waals surface area contributed by atoms with Gasteiger partial charge in [-0.3, -0.25) is 14.9 Å². The molecule has 9 heteroatoms. The minimum absolute atomic E-state index is 0.365. The smallest absolute Gasteiger partial charge is 0.255 e. The van der Waals surface area contributed by atoms with Crippen LogP contribution < -0.4 is 4.74 Å². The molecule has 2 N–H and O–H groups in total. The van der Waals surface area contributed by atoms with Crippen molar-refractivity contribution in [3.05, 3.63) is 59.5 Å². The van der Waals surface area contributed by atoms with Crippen LogP contribution in [0.25, 0.3) is 33.4 Å². The van der Waals surface area contributed by atoms with E-state index in [1.807, 2.05) is 24.3 Å². The molecule has 1 aromatic carbocycles. The van der Waals surface area contributed by atoms with Crippen molar-refractivity contribution in [2.75, 3.05) is 21.2 Å². The lowest BCUT2D eigenvalue weighted by atomic mass is 10.0. The van der Waals surface area contributed by atoms with E-state index in [0.29, 0.717) is 44.2 Å². The Labute approximate surface area is 183 Å². The number of nitrogens with zero attached hydrogens (tertiary/aromatic N) is 4. The van der Waals surface area contributed by atoms with Gasteiger partial charge in [0, 0.05) is 54.9 Å². The fraction of sp³-hybridized carbons (Fsp3) is 0.182. The summed E-state index contributed by atoms with van der Waals surface area (Å²) in [5.41, 5.74) is 3.53. The maximum Gasteiger partial charge on any atom is 0.255 e. The number of aliphatic hydroxyl groups is 1. The number of hydrogen-bond donors (Lipinski definition) is 2. The summed E-state index contributed by atoms with van der Waals surface area (Å²) in [5, 5.41) is 18.7. The average Bonchev–Trinajstić information content (AvgIpc) is 3.23. The summed E-state index contributed by atoms with van der Waals surface area (Å²) < 4.78 is 5.47. The molecule has 0 aliphatic carbocycles. The lowest BCUT2D eigenvalue weighted by Gasteiger charge is -2.16. The van der Waals surface area contributed by atoms with Gasteiger partial charge in [0.2, 0.25) is 0 Å². The number of carbonyl (C=O) groups is 1. The molecule has 3 aromatic heterocycles. The molecule has 158 valence electrons. The zero-order valence-electron chi connectivity index (χ0n) is 17.1. The molecule has 1 amide bonds. The molecule has 3 heterocycles. The van der Waals surface area contributed by atoms with Gasteiger partial charge in [-0.25, -0.2) is 4.98 Å². The largest absolute Gasteiger partial charge is 0.496 e. The minimum atomic E-state index is -1.32. The number of H-pyrrole nitrogens is 1. The maximum atomic E-state index is 12.1. The number of hydrogen-bond acceptors (Lipinski definition) is 6. The summed E-state index contributed by atoms with van der Waals surface area (Å²) >= 11 is 6.81. The lowest BCUT2D eigenvalue weighted by Crippen LogP contribution is -2.28. The second-order valence-electron chi connectivity index (χ2n) is 7.13. The third kappa shape index (κ3) is 3.71. The van der Waals surface area contributed by atoms with Crippen molar-refractivity contribution < 1.29 is 14.6 Å². The summed E-state index contributed by atoms with van der Waals surface area (Å²) in [5.74, 6) is 0.232. The molecule has 31 heavy (non-hydrogen) atoms. The van der Waals surface area contributed by atoms with Crippen LogP contribution in [0.3, 0.4) is 0 Å². The Morgan fingerprint density at radius 2 is 1.97 bits per heavy atom. The van der Waals surface area contributed by atoms with Crippen molar-refractivity contribution in [3.63, 3.8) is 0 Å². The fourth-order valence-corrected chi connectivity index (χ4v) is 3.68. The van der Waals surface area contributed by atoms with Gasteiger partial charge in [0.05, 0.1) is 23.2 Å². The number of halogens is 1. The number of carbonyl (C=O) groups excluding carboxylic acids is 1. The predicted octanol–water partition coefficient (Wildman–Crippen LogP) is 3.47. The van der Waals surface area contributed by atoms with E-state index in [2.05, 4.69) is 20.2 Å². The van der Waals surface area contributed by atoms with Crippen molar-refractivity contribution in [1.29, 1.82) is 0 Å². The number of likely N-dealkylation sites (N-methyl/N-ethyl adjacent to an activating group) is 1. The van der Waals surface area contributed by atoms with Gasteiger partial charge in [0.1, 0.15) is 5.75 Å². The van der Waals surface area contributed by atoms with Crippen molar-refractivity contribution >= 4 is 28.5 Å². The first-order valence-electron chi connectivity index (χ1n) is 9.43. The average molecular weight is 438 g/mol. The number of pyridine rings is 2. The Morgan fingerprint density at radius 1 is 1.19 bits per heavy atom. The van der Waals surface area contributed by atoms with Crippen LogP contribution in [0.1, 0.15) is 11.7 Å². The highest BCUT2D eigenvalue weighted by Gasteiger charge is 2.22. The number of benzene rings is 1. The molecular formula is C22H20ClN5O3. The first-order chi connectivity index (χ1) is 14.9. The molecule has 0 spiro atoms. The van der Waals surface area contributed by atoms with Crippen LogP contribution in [0, 0.1) is 0 Å². The first-order valence-corrected chi connectivity index (χ1v) is 9.80. The van der Waals surface area contributed by atoms with Crippen molar-refractivity contribution in [2.24, 2.45) is 0 Å². The van der Waals surface area contributed by atoms with Gasteiger partial charge in [-0.05, 0) is 18.2 Å². The monoisotopic (exact) mass is 437 g/mol. The van der Waals surface area contributed by atoms with Crippen LogP contribution >= 0.6 is 11.6 Å². The van der Waals surface area contributed by atoms with Crippen molar-refractivity contribution in [1.82, 2.24) is 25.1 Å². The van der Waals surface area contributed by atoms with Crippen LogP contribution in [-0.2, 0) is 4.79 Å². The van der Waals surface area contributed by atoms with E-state index in [1.165, 1.54) is 11.1 Å². The van der Waals surface area contributed by atoms with Gasteiger partial charge in [-0.15, -0.1) is 0 Å². The number of rotatable bonds is 5. The van der Waals surface area contributed by atoms with Crippen LogP contribution in [0.5, 0.6) is 5.75 Å². The zero-order chi connectivity index (χ0) is 22.1. The second kappa shape index (κ2) is 8.33. The number of aromatic nitrogens is 4. The summed E-state index contributed by atoms with van der Waals surface area (Å²) in [6.07, 6.45) is 3.33. The van der Waals surface area contributed by atoms with E-state index in [0.717, 1.165) is 5.56 Å². The fourth-order valence-electron chi connectivity index (χ4n) is 3.34. The van der Waals surface area contributed by atoms with E-state index in [1.54, 1.807) is 39.7 Å². The molecule has 8 nitrogen and oxygen atoms in total. The van der Waals surface area contributed by atoms with Gasteiger partial charge in [0.25, 0.3) is 5.91 Å². The number of aliphatic hydroxyl groups excluding tert-OH is 1. The molecule has 0 fully saturated rings. The summed E-state index contributed by atoms with van der Waals surface area (Å²) in [4.78, 5) is 22.1. The number of fused-ring (bicyclic) bond motifs is 1. The standard InChI is InChI=1S/C22H20ClN5O3/c1-28(2)22(30)20(29)13-8-12(9-24-10-13)15-11-25-21-17(18(15)23)19(26-27-21)14-6-4-5-7-16(14)31-3/h4-11,20,29H,1-3H3,(H,25,26,27). The maximum absolute atomic E-state index is 12.1. The third-order valence-corrected chi connectivity index (χ3v) is 5.35. The highest BCUT2D eigenvalue weighted by Crippen LogP contribution is 2.40. The van der Waals surface area contributed by atoms with Crippen molar-refractivity contribution in [2.45, 2.75) is 6.10 Å². The molecule has 4 rings (SSSR count). The summed E-state index contributed by atoms with van der Waals surface area (Å²) in [7, 11) is 4.76. The zero-order valence-corrected chi connectivity index (χ0v) is 17.9. The first kappa shape index (κ1) is 20.8. The highest BCUT2D eigenvalue weighted by atomic mass is 35.5. The number of para-hydroxylation sites is 1. The van der Waals surface area contributed by atoms with E-state index in [-0.39, 0.29) is 0 Å². The Kier molecular flexibility index (Phi) is 5.58. The molecule has 4 aromatic rings. The molecule has 0 saturated heterocycles. The van der Waals surface area contributed by atoms with Crippen LogP contribution in [0.4, 0.5) is 0 Å². The molecule has 1 atom stereocenters. The van der Waals surface area contributed by atoms with Crippen molar-refractivity contribution in [3.8, 4) is 28.1 Å². The molecular weight excluding hydrogens is 418 g/mol. The number of amides is 1. The Morgan fingerprint density at radius 3 is 2.71 bits per heavy atom. The SMILES string of the molecule is COc1ccccc1-c1[nH]nc2ncc(-c3cncc(C(O)C(=O)N(C)C)c3)c(Cl)c12. The molecule has 0 aliphatic rings. The third-order valence-electron chi connectivity index (χ3n) is 4.96. The molecule has 0 bridgehead atoms. The molecule has 1 unspecified atom stereocenters. The molecule has 0 radical (unpaired) electrons. The number of aromatic amines is 1. The van der Waals surface area contributed by atoms with Crippen LogP contribution in [0.15, 0.2) is 48.9 Å². The van der Waals surface area contributed by atoms with E-state index in [9.17, 15) is 9.90 Å². The normalized spacial score (nSPS) is 12.0. The van der Waals surface area contributed by atoms with Gasteiger partial charge >= 0.3 is 0 Å². The Hall–Kier alpha value is -3.49. The Bertz CT molecular complexity index is 1270. The summed E-state index contributed by atoms with van der Waals surface area (Å²) in [6, 6.07) is 9.20.